The van der Waals surface area contributed by atoms with Gasteiger partial charge in [0.1, 0.15) is 5.69 Å². The van der Waals surface area contributed by atoms with Crippen molar-refractivity contribution in [2.24, 2.45) is 0 Å². The van der Waals surface area contributed by atoms with E-state index in [0.29, 0.717) is 11.4 Å². The highest BCUT2D eigenvalue weighted by atomic mass is 16.3. The standard InChI is InChI=1S/C12H19N3O2/c1-2-14-7-9(13)6-11(14)12(17)15-5-3-4-10(15)8-16/h6-7,10,16H,2-5,8,13H2,1H3/t10-/m1/s1. The molecule has 17 heavy (non-hydrogen) atoms. The first-order valence-electron chi connectivity index (χ1n) is 6.04. The molecule has 1 saturated heterocycles. The monoisotopic (exact) mass is 237 g/mol. The number of carbonyl (C=O) groups excluding carboxylic acids is 1. The molecule has 1 fully saturated rings. The van der Waals surface area contributed by atoms with Gasteiger partial charge in [-0.25, -0.2) is 0 Å². The molecule has 0 radical (unpaired) electrons. The molecule has 0 spiro atoms. The molecule has 2 heterocycles. The fourth-order valence-electron chi connectivity index (χ4n) is 2.41. The minimum absolute atomic E-state index is 0.0277. The van der Waals surface area contributed by atoms with Gasteiger partial charge in [0.25, 0.3) is 5.91 Å². The number of nitrogens with two attached hydrogens (primary N) is 1. The Morgan fingerprint density at radius 3 is 3.06 bits per heavy atom. The van der Waals surface area contributed by atoms with Crippen LogP contribution < -0.4 is 5.73 Å². The van der Waals surface area contributed by atoms with Gasteiger partial charge >= 0.3 is 0 Å². The zero-order chi connectivity index (χ0) is 12.4. The smallest absolute Gasteiger partial charge is 0.270 e. The van der Waals surface area contributed by atoms with Gasteiger partial charge in [0.15, 0.2) is 0 Å². The number of aromatic nitrogens is 1. The number of rotatable bonds is 3. The van der Waals surface area contributed by atoms with E-state index in [9.17, 15) is 9.90 Å². The molecule has 1 aliphatic rings. The second-order valence-electron chi connectivity index (χ2n) is 4.42. The van der Waals surface area contributed by atoms with Gasteiger partial charge in [-0.05, 0) is 25.8 Å². The molecule has 1 aliphatic heterocycles. The summed E-state index contributed by atoms with van der Waals surface area (Å²) in [5.74, 6) is -0.0277. The molecule has 3 N–H and O–H groups in total. The Morgan fingerprint density at radius 2 is 2.41 bits per heavy atom. The Kier molecular flexibility index (Phi) is 3.38. The van der Waals surface area contributed by atoms with Crippen LogP contribution in [0.3, 0.4) is 0 Å². The minimum Gasteiger partial charge on any atom is -0.397 e. The Balaban J connectivity index is 2.24. The maximum absolute atomic E-state index is 12.3. The molecule has 0 bridgehead atoms. The lowest BCUT2D eigenvalue weighted by Crippen LogP contribution is -2.38. The Bertz CT molecular complexity index is 414. The molecular weight excluding hydrogens is 218 g/mol. The third-order valence-corrected chi connectivity index (χ3v) is 3.33. The molecule has 5 nitrogen and oxygen atoms in total. The normalized spacial score (nSPS) is 19.9. The summed E-state index contributed by atoms with van der Waals surface area (Å²) in [4.78, 5) is 14.1. The second kappa shape index (κ2) is 4.79. The molecule has 94 valence electrons. The summed E-state index contributed by atoms with van der Waals surface area (Å²) < 4.78 is 1.85. The van der Waals surface area contributed by atoms with Crippen LogP contribution in [0.5, 0.6) is 0 Å². The van der Waals surface area contributed by atoms with Crippen molar-refractivity contribution in [3.8, 4) is 0 Å². The summed E-state index contributed by atoms with van der Waals surface area (Å²) in [6.45, 7) is 3.45. The third kappa shape index (κ3) is 2.15. The maximum atomic E-state index is 12.3. The lowest BCUT2D eigenvalue weighted by molar-refractivity contribution is 0.0667. The lowest BCUT2D eigenvalue weighted by atomic mass is 10.2. The predicted molar refractivity (Wildman–Crippen MR) is 65.7 cm³/mol. The van der Waals surface area contributed by atoms with Gasteiger partial charge in [0.05, 0.1) is 18.3 Å². The Hall–Kier alpha value is -1.49. The largest absolute Gasteiger partial charge is 0.397 e. The van der Waals surface area contributed by atoms with Gasteiger partial charge < -0.3 is 20.3 Å². The van der Waals surface area contributed by atoms with Crippen molar-refractivity contribution in [1.29, 1.82) is 0 Å². The summed E-state index contributed by atoms with van der Waals surface area (Å²) in [5.41, 5.74) is 6.94. The average Bonchev–Trinajstić information content (AvgIpc) is 2.93. The van der Waals surface area contributed by atoms with Crippen LogP contribution >= 0.6 is 0 Å². The number of amides is 1. The van der Waals surface area contributed by atoms with Gasteiger partial charge in [-0.15, -0.1) is 0 Å². The van der Waals surface area contributed by atoms with Crippen molar-refractivity contribution < 1.29 is 9.90 Å². The molecule has 0 saturated carbocycles. The van der Waals surface area contributed by atoms with Crippen LogP contribution in [0, 0.1) is 0 Å². The number of nitrogens with zero attached hydrogens (tertiary/aromatic N) is 2. The molecule has 1 amide bonds. The number of likely N-dealkylation sites (tertiary alicyclic amines) is 1. The minimum atomic E-state index is -0.0380. The van der Waals surface area contributed by atoms with Crippen LogP contribution in [0.1, 0.15) is 30.3 Å². The first-order valence-corrected chi connectivity index (χ1v) is 6.04. The van der Waals surface area contributed by atoms with Crippen LogP contribution in [0.25, 0.3) is 0 Å². The molecular formula is C12H19N3O2. The number of hydrogen-bond acceptors (Lipinski definition) is 3. The molecule has 0 unspecified atom stereocenters. The van der Waals surface area contributed by atoms with Gasteiger partial charge in [-0.3, -0.25) is 4.79 Å². The van der Waals surface area contributed by atoms with Crippen molar-refractivity contribution in [2.75, 3.05) is 18.9 Å². The Morgan fingerprint density at radius 1 is 1.65 bits per heavy atom. The quantitative estimate of drug-likeness (QED) is 0.812. The molecule has 1 aromatic rings. The summed E-state index contributed by atoms with van der Waals surface area (Å²) in [5, 5.41) is 9.24. The van der Waals surface area contributed by atoms with Gasteiger partial charge in [-0.2, -0.15) is 0 Å². The van der Waals surface area contributed by atoms with Crippen molar-refractivity contribution >= 4 is 11.6 Å². The molecule has 0 aliphatic carbocycles. The number of aliphatic hydroxyl groups excluding tert-OH is 1. The number of aryl methyl sites for hydroxylation is 1. The molecule has 2 rings (SSSR count). The first-order chi connectivity index (χ1) is 8.17. The van der Waals surface area contributed by atoms with Crippen molar-refractivity contribution in [3.63, 3.8) is 0 Å². The number of aliphatic hydroxyl groups is 1. The van der Waals surface area contributed by atoms with Crippen molar-refractivity contribution in [1.82, 2.24) is 9.47 Å². The number of carbonyl (C=O) groups is 1. The topological polar surface area (TPSA) is 71.5 Å². The molecule has 1 atom stereocenters. The van der Waals surface area contributed by atoms with Gasteiger partial charge in [0, 0.05) is 19.3 Å². The average molecular weight is 237 g/mol. The molecule has 1 aromatic heterocycles. The highest BCUT2D eigenvalue weighted by Gasteiger charge is 2.30. The van der Waals surface area contributed by atoms with E-state index in [1.807, 2.05) is 11.5 Å². The van der Waals surface area contributed by atoms with E-state index in [2.05, 4.69) is 0 Å². The van der Waals surface area contributed by atoms with E-state index in [4.69, 9.17) is 5.73 Å². The number of anilines is 1. The molecule has 0 aromatic carbocycles. The van der Waals surface area contributed by atoms with Crippen LogP contribution in [0.2, 0.25) is 0 Å². The summed E-state index contributed by atoms with van der Waals surface area (Å²) in [7, 11) is 0. The highest BCUT2D eigenvalue weighted by molar-refractivity contribution is 5.94. The number of hydrogen-bond donors (Lipinski definition) is 2. The highest BCUT2D eigenvalue weighted by Crippen LogP contribution is 2.21. The summed E-state index contributed by atoms with van der Waals surface area (Å²) in [6.07, 6.45) is 3.61. The maximum Gasteiger partial charge on any atom is 0.270 e. The van der Waals surface area contributed by atoms with Crippen molar-refractivity contribution in [2.45, 2.75) is 32.4 Å². The van der Waals surface area contributed by atoms with E-state index < -0.39 is 0 Å². The fraction of sp³-hybridized carbons (Fsp3) is 0.583. The summed E-state index contributed by atoms with van der Waals surface area (Å²) >= 11 is 0. The first kappa shape index (κ1) is 12.0. The van der Waals surface area contributed by atoms with Crippen LogP contribution in [-0.4, -0.2) is 39.7 Å². The third-order valence-electron chi connectivity index (χ3n) is 3.33. The van der Waals surface area contributed by atoms with E-state index >= 15 is 0 Å². The van der Waals surface area contributed by atoms with E-state index in [1.54, 1.807) is 17.2 Å². The van der Waals surface area contributed by atoms with Gasteiger partial charge in [0.2, 0.25) is 0 Å². The predicted octanol–water partition coefficient (Wildman–Crippen LogP) is 0.687. The fourth-order valence-corrected chi connectivity index (χ4v) is 2.41. The lowest BCUT2D eigenvalue weighted by Gasteiger charge is -2.23. The zero-order valence-corrected chi connectivity index (χ0v) is 10.1. The van der Waals surface area contributed by atoms with Crippen molar-refractivity contribution in [3.05, 3.63) is 18.0 Å². The van der Waals surface area contributed by atoms with Crippen LogP contribution in [0.15, 0.2) is 12.3 Å². The van der Waals surface area contributed by atoms with E-state index in [0.717, 1.165) is 25.9 Å². The van der Waals surface area contributed by atoms with Crippen LogP contribution in [-0.2, 0) is 6.54 Å². The van der Waals surface area contributed by atoms with Gasteiger partial charge in [-0.1, -0.05) is 0 Å². The SMILES string of the molecule is CCn1cc(N)cc1C(=O)N1CCC[C@@H]1CO. The summed E-state index contributed by atoms with van der Waals surface area (Å²) in [6, 6.07) is 1.67. The Labute approximate surface area is 101 Å². The van der Waals surface area contributed by atoms with E-state index in [1.165, 1.54) is 0 Å². The zero-order valence-electron chi connectivity index (χ0n) is 10.1. The van der Waals surface area contributed by atoms with E-state index in [-0.39, 0.29) is 18.6 Å². The molecule has 5 heteroatoms. The van der Waals surface area contributed by atoms with Crippen LogP contribution in [0.4, 0.5) is 5.69 Å². The second-order valence-corrected chi connectivity index (χ2v) is 4.42. The number of nitrogen functional groups attached to an aromatic ring is 1.